The van der Waals surface area contributed by atoms with Gasteiger partial charge < -0.3 is 19.9 Å². The van der Waals surface area contributed by atoms with Crippen molar-refractivity contribution in [2.45, 2.75) is 13.1 Å². The van der Waals surface area contributed by atoms with Gasteiger partial charge in [0.15, 0.2) is 0 Å². The predicted molar refractivity (Wildman–Crippen MR) is 77.4 cm³/mol. The van der Waals surface area contributed by atoms with Gasteiger partial charge in [0, 0.05) is 45.0 Å². The van der Waals surface area contributed by atoms with E-state index in [1.165, 1.54) is 0 Å². The average molecular weight is 276 g/mol. The lowest BCUT2D eigenvalue weighted by Gasteiger charge is -2.02. The van der Waals surface area contributed by atoms with Gasteiger partial charge in [0.2, 0.25) is 5.91 Å². The molecule has 0 fully saturated rings. The molecule has 108 valence electrons. The number of fused-ring (bicyclic) bond motifs is 1. The summed E-state index contributed by atoms with van der Waals surface area (Å²) in [5, 5.41) is 7.01. The summed E-state index contributed by atoms with van der Waals surface area (Å²) in [6.07, 6.45) is 3.72. The normalized spacial score (nSPS) is 10.9. The molecule has 2 rings (SSSR count). The Kier molecular flexibility index (Phi) is 5.09. The van der Waals surface area contributed by atoms with Crippen LogP contribution in [0.1, 0.15) is 5.56 Å². The van der Waals surface area contributed by atoms with E-state index in [0.29, 0.717) is 6.61 Å². The Hall–Kier alpha value is -1.92. The van der Waals surface area contributed by atoms with Gasteiger partial charge in [-0.25, -0.2) is 4.98 Å². The van der Waals surface area contributed by atoms with Crippen LogP contribution < -0.4 is 10.6 Å². The Balaban J connectivity index is 2.19. The van der Waals surface area contributed by atoms with E-state index in [-0.39, 0.29) is 12.5 Å². The monoisotopic (exact) mass is 276 g/mol. The van der Waals surface area contributed by atoms with Crippen molar-refractivity contribution < 1.29 is 9.53 Å². The predicted octanol–water partition coefficient (Wildman–Crippen LogP) is 0.518. The van der Waals surface area contributed by atoms with E-state index >= 15 is 0 Å². The van der Waals surface area contributed by atoms with E-state index in [9.17, 15) is 4.79 Å². The highest BCUT2D eigenvalue weighted by molar-refractivity contribution is 5.83. The number of nitrogens with zero attached hydrogens (tertiary/aromatic N) is 2. The zero-order valence-corrected chi connectivity index (χ0v) is 11.8. The Labute approximate surface area is 118 Å². The molecule has 0 bridgehead atoms. The number of hydrogen-bond acceptors (Lipinski definition) is 4. The SMILES string of the molecule is CNC(=O)Cn1cc(CNCCOC)c2cccnc21. The molecule has 0 atom stereocenters. The van der Waals surface area contributed by atoms with E-state index in [0.717, 1.165) is 29.7 Å². The van der Waals surface area contributed by atoms with Gasteiger partial charge in [-0.2, -0.15) is 0 Å². The van der Waals surface area contributed by atoms with Crippen molar-refractivity contribution in [1.82, 2.24) is 20.2 Å². The van der Waals surface area contributed by atoms with Crippen molar-refractivity contribution in [2.24, 2.45) is 0 Å². The number of carbonyl (C=O) groups excluding carboxylic acids is 1. The van der Waals surface area contributed by atoms with Gasteiger partial charge in [-0.1, -0.05) is 0 Å². The van der Waals surface area contributed by atoms with Gasteiger partial charge in [-0.05, 0) is 17.7 Å². The number of ether oxygens (including phenoxy) is 1. The number of amides is 1. The number of pyridine rings is 1. The van der Waals surface area contributed by atoms with Crippen LogP contribution in [-0.2, 0) is 22.6 Å². The van der Waals surface area contributed by atoms with Gasteiger partial charge in [-0.15, -0.1) is 0 Å². The van der Waals surface area contributed by atoms with Crippen LogP contribution in [0.15, 0.2) is 24.5 Å². The van der Waals surface area contributed by atoms with E-state index in [1.807, 2.05) is 22.9 Å². The van der Waals surface area contributed by atoms with Gasteiger partial charge in [-0.3, -0.25) is 4.79 Å². The van der Waals surface area contributed by atoms with Crippen molar-refractivity contribution in [2.75, 3.05) is 27.3 Å². The number of carbonyl (C=O) groups is 1. The summed E-state index contributed by atoms with van der Waals surface area (Å²) in [4.78, 5) is 15.9. The van der Waals surface area contributed by atoms with Crippen LogP contribution in [0.25, 0.3) is 11.0 Å². The highest BCUT2D eigenvalue weighted by Gasteiger charge is 2.10. The minimum Gasteiger partial charge on any atom is -0.383 e. The van der Waals surface area contributed by atoms with Crippen molar-refractivity contribution in [3.05, 3.63) is 30.1 Å². The van der Waals surface area contributed by atoms with Crippen molar-refractivity contribution in [1.29, 1.82) is 0 Å². The molecule has 2 aromatic rings. The highest BCUT2D eigenvalue weighted by Crippen LogP contribution is 2.19. The fraction of sp³-hybridized carbons (Fsp3) is 0.429. The zero-order chi connectivity index (χ0) is 14.4. The lowest BCUT2D eigenvalue weighted by atomic mass is 10.2. The Morgan fingerprint density at radius 2 is 2.35 bits per heavy atom. The van der Waals surface area contributed by atoms with E-state index < -0.39 is 0 Å². The third kappa shape index (κ3) is 3.34. The number of rotatable bonds is 7. The first kappa shape index (κ1) is 14.5. The largest absolute Gasteiger partial charge is 0.383 e. The molecule has 0 unspecified atom stereocenters. The first-order valence-corrected chi connectivity index (χ1v) is 6.59. The first-order chi connectivity index (χ1) is 9.76. The Morgan fingerprint density at radius 3 is 3.10 bits per heavy atom. The molecule has 20 heavy (non-hydrogen) atoms. The molecule has 0 aromatic carbocycles. The zero-order valence-electron chi connectivity index (χ0n) is 11.8. The minimum absolute atomic E-state index is 0.0357. The van der Waals surface area contributed by atoms with Crippen molar-refractivity contribution in [3.8, 4) is 0 Å². The first-order valence-electron chi connectivity index (χ1n) is 6.59. The van der Waals surface area contributed by atoms with Crippen LogP contribution in [-0.4, -0.2) is 42.8 Å². The summed E-state index contributed by atoms with van der Waals surface area (Å²) >= 11 is 0. The maximum atomic E-state index is 11.5. The maximum Gasteiger partial charge on any atom is 0.239 e. The molecule has 0 aliphatic heterocycles. The second-order valence-electron chi connectivity index (χ2n) is 4.50. The topological polar surface area (TPSA) is 68.2 Å². The summed E-state index contributed by atoms with van der Waals surface area (Å²) in [6.45, 7) is 2.47. The number of likely N-dealkylation sites (N-methyl/N-ethyl adjacent to an activating group) is 1. The smallest absolute Gasteiger partial charge is 0.239 e. The molecular weight excluding hydrogens is 256 g/mol. The number of methoxy groups -OCH3 is 1. The second kappa shape index (κ2) is 7.02. The van der Waals surface area contributed by atoms with Gasteiger partial charge >= 0.3 is 0 Å². The molecule has 0 aliphatic rings. The van der Waals surface area contributed by atoms with Crippen LogP contribution in [0.3, 0.4) is 0 Å². The third-order valence-corrected chi connectivity index (χ3v) is 3.11. The lowest BCUT2D eigenvalue weighted by Crippen LogP contribution is -2.23. The van der Waals surface area contributed by atoms with E-state index in [2.05, 4.69) is 15.6 Å². The fourth-order valence-electron chi connectivity index (χ4n) is 2.09. The van der Waals surface area contributed by atoms with E-state index in [4.69, 9.17) is 4.74 Å². The molecule has 1 amide bonds. The van der Waals surface area contributed by atoms with Crippen LogP contribution >= 0.6 is 0 Å². The minimum atomic E-state index is -0.0357. The number of aromatic nitrogens is 2. The van der Waals surface area contributed by atoms with Gasteiger partial charge in [0.05, 0.1) is 6.61 Å². The maximum absolute atomic E-state index is 11.5. The third-order valence-electron chi connectivity index (χ3n) is 3.11. The van der Waals surface area contributed by atoms with Crippen LogP contribution in [0, 0.1) is 0 Å². The lowest BCUT2D eigenvalue weighted by molar-refractivity contribution is -0.121. The number of hydrogen-bond donors (Lipinski definition) is 2. The average Bonchev–Trinajstić information content (AvgIpc) is 2.82. The standard InChI is InChI=1S/C14H20N4O2/c1-15-13(19)10-18-9-11(8-16-6-7-20-2)12-4-3-5-17-14(12)18/h3-5,9,16H,6-8,10H2,1-2H3,(H,15,19). The van der Waals surface area contributed by atoms with Crippen LogP contribution in [0.5, 0.6) is 0 Å². The van der Waals surface area contributed by atoms with Gasteiger partial charge in [0.25, 0.3) is 0 Å². The summed E-state index contributed by atoms with van der Waals surface area (Å²) in [7, 11) is 3.31. The van der Waals surface area contributed by atoms with Crippen LogP contribution in [0.2, 0.25) is 0 Å². The molecule has 0 saturated heterocycles. The summed E-state index contributed by atoms with van der Waals surface area (Å²) in [5.41, 5.74) is 1.97. The quantitative estimate of drug-likeness (QED) is 0.723. The van der Waals surface area contributed by atoms with Crippen molar-refractivity contribution >= 4 is 16.9 Å². The van der Waals surface area contributed by atoms with Crippen LogP contribution in [0.4, 0.5) is 0 Å². The van der Waals surface area contributed by atoms with E-state index in [1.54, 1.807) is 20.4 Å². The molecule has 0 aliphatic carbocycles. The summed E-state index contributed by atoms with van der Waals surface area (Å²) in [6, 6.07) is 3.93. The highest BCUT2D eigenvalue weighted by atomic mass is 16.5. The fourth-order valence-corrected chi connectivity index (χ4v) is 2.09. The molecule has 2 heterocycles. The molecule has 0 saturated carbocycles. The second-order valence-corrected chi connectivity index (χ2v) is 4.50. The molecule has 0 spiro atoms. The Bertz CT molecular complexity index is 580. The molecule has 6 nitrogen and oxygen atoms in total. The summed E-state index contributed by atoms with van der Waals surface area (Å²) in [5.74, 6) is -0.0357. The summed E-state index contributed by atoms with van der Waals surface area (Å²) < 4.78 is 6.88. The molecule has 2 aromatic heterocycles. The molecular formula is C14H20N4O2. The number of nitrogens with one attached hydrogen (secondary N) is 2. The molecule has 0 radical (unpaired) electrons. The molecule has 2 N–H and O–H groups in total. The van der Waals surface area contributed by atoms with Gasteiger partial charge in [0.1, 0.15) is 12.2 Å². The van der Waals surface area contributed by atoms with Crippen molar-refractivity contribution in [3.63, 3.8) is 0 Å². The molecule has 6 heteroatoms. The Morgan fingerprint density at radius 1 is 1.50 bits per heavy atom.